The number of halogens is 1. The Balaban J connectivity index is 2.69. The van der Waals surface area contributed by atoms with Crippen LogP contribution in [0.4, 0.5) is 4.39 Å². The molecular weight excluding hydrogens is 229 g/mol. The molecule has 1 N–H and O–H groups in total. The largest absolute Gasteiger partial charge is 0.240 e. The summed E-state index contributed by atoms with van der Waals surface area (Å²) in [7, 11) is -3.54. The maximum atomic E-state index is 12.6. The second-order valence-electron chi connectivity index (χ2n) is 3.03. The number of rotatable bonds is 4. The van der Waals surface area contributed by atoms with Crippen molar-refractivity contribution in [3.05, 3.63) is 30.1 Å². The molecule has 1 aromatic rings. The number of hydrogen-bond acceptors (Lipinski definition) is 2. The summed E-state index contributed by atoms with van der Waals surface area (Å²) in [4.78, 5) is 0.0540. The van der Waals surface area contributed by atoms with Crippen molar-refractivity contribution in [1.82, 2.24) is 4.72 Å². The van der Waals surface area contributed by atoms with Gasteiger partial charge in [-0.25, -0.2) is 17.5 Å². The summed E-state index contributed by atoms with van der Waals surface area (Å²) >= 11 is 0. The Morgan fingerprint density at radius 1 is 1.31 bits per heavy atom. The van der Waals surface area contributed by atoms with Crippen LogP contribution < -0.4 is 4.72 Å². The molecule has 1 rings (SSSR count). The van der Waals surface area contributed by atoms with Gasteiger partial charge in [-0.15, -0.1) is 11.8 Å². The zero-order valence-electron chi connectivity index (χ0n) is 8.83. The quantitative estimate of drug-likeness (QED) is 0.641. The lowest BCUT2D eigenvalue weighted by molar-refractivity contribution is 0.581. The third kappa shape index (κ3) is 3.65. The predicted octanol–water partition coefficient (Wildman–Crippen LogP) is 1.52. The third-order valence-electron chi connectivity index (χ3n) is 1.84. The lowest BCUT2D eigenvalue weighted by Crippen LogP contribution is -2.24. The molecule has 0 aliphatic heterocycles. The zero-order chi connectivity index (χ0) is 12.0. The van der Waals surface area contributed by atoms with Crippen molar-refractivity contribution in [1.29, 1.82) is 0 Å². The van der Waals surface area contributed by atoms with E-state index in [4.69, 9.17) is 0 Å². The summed E-state index contributed by atoms with van der Waals surface area (Å²) in [6, 6.07) is 4.67. The topological polar surface area (TPSA) is 46.2 Å². The Hall–Kier alpha value is -1.38. The molecule has 0 amide bonds. The summed E-state index contributed by atoms with van der Waals surface area (Å²) in [5, 5.41) is 0. The smallest absolute Gasteiger partial charge is 0.210 e. The first-order valence-electron chi connectivity index (χ1n) is 4.71. The van der Waals surface area contributed by atoms with Gasteiger partial charge in [0.05, 0.1) is 4.90 Å². The molecule has 0 spiro atoms. The maximum Gasteiger partial charge on any atom is 0.240 e. The van der Waals surface area contributed by atoms with Gasteiger partial charge in [0.15, 0.2) is 0 Å². The van der Waals surface area contributed by atoms with Crippen LogP contribution in [0.1, 0.15) is 13.3 Å². The van der Waals surface area contributed by atoms with Crippen LogP contribution in [-0.4, -0.2) is 15.0 Å². The van der Waals surface area contributed by atoms with Crippen molar-refractivity contribution < 1.29 is 12.8 Å². The van der Waals surface area contributed by atoms with Gasteiger partial charge in [0, 0.05) is 13.0 Å². The Labute approximate surface area is 94.7 Å². The van der Waals surface area contributed by atoms with Crippen LogP contribution in [0.25, 0.3) is 0 Å². The van der Waals surface area contributed by atoms with Crippen LogP contribution in [0.15, 0.2) is 29.2 Å². The van der Waals surface area contributed by atoms with Crippen LogP contribution in [-0.2, 0) is 10.0 Å². The molecule has 86 valence electrons. The van der Waals surface area contributed by atoms with Crippen LogP contribution >= 0.6 is 0 Å². The SMILES string of the molecule is CC#CCCNS(=O)(=O)c1ccc(F)cc1. The Bertz CT molecular complexity index is 497. The first-order chi connectivity index (χ1) is 7.56. The van der Waals surface area contributed by atoms with Gasteiger partial charge >= 0.3 is 0 Å². The second kappa shape index (κ2) is 5.64. The summed E-state index contributed by atoms with van der Waals surface area (Å²) in [5.41, 5.74) is 0. The normalized spacial score (nSPS) is 10.6. The first-order valence-corrected chi connectivity index (χ1v) is 6.19. The van der Waals surface area contributed by atoms with E-state index < -0.39 is 15.8 Å². The van der Waals surface area contributed by atoms with Crippen LogP contribution in [0.2, 0.25) is 0 Å². The monoisotopic (exact) mass is 241 g/mol. The van der Waals surface area contributed by atoms with Gasteiger partial charge in [-0.1, -0.05) is 0 Å². The fourth-order valence-electron chi connectivity index (χ4n) is 1.07. The van der Waals surface area contributed by atoms with Gasteiger partial charge < -0.3 is 0 Å². The molecule has 0 aromatic heterocycles. The lowest BCUT2D eigenvalue weighted by Gasteiger charge is -2.04. The fraction of sp³-hybridized carbons (Fsp3) is 0.273. The number of nitrogens with one attached hydrogen (secondary N) is 1. The van der Waals surface area contributed by atoms with Gasteiger partial charge in [-0.3, -0.25) is 0 Å². The molecule has 0 aliphatic rings. The molecule has 3 nitrogen and oxygen atoms in total. The van der Waals surface area contributed by atoms with Crippen LogP contribution in [0, 0.1) is 17.7 Å². The summed E-state index contributed by atoms with van der Waals surface area (Å²) in [5.74, 6) is 4.95. The molecule has 0 saturated carbocycles. The molecule has 0 atom stereocenters. The van der Waals surface area contributed by atoms with E-state index in [0.29, 0.717) is 6.42 Å². The van der Waals surface area contributed by atoms with E-state index in [1.165, 1.54) is 12.1 Å². The first kappa shape index (κ1) is 12.7. The summed E-state index contributed by atoms with van der Waals surface area (Å²) in [6.45, 7) is 1.94. The van der Waals surface area contributed by atoms with E-state index in [0.717, 1.165) is 12.1 Å². The second-order valence-corrected chi connectivity index (χ2v) is 4.80. The van der Waals surface area contributed by atoms with Crippen molar-refractivity contribution in [2.45, 2.75) is 18.2 Å². The van der Waals surface area contributed by atoms with Crippen LogP contribution in [0.3, 0.4) is 0 Å². The molecular formula is C11H12FNO2S. The third-order valence-corrected chi connectivity index (χ3v) is 3.32. The van der Waals surface area contributed by atoms with E-state index in [1.807, 2.05) is 0 Å². The maximum absolute atomic E-state index is 12.6. The zero-order valence-corrected chi connectivity index (χ0v) is 9.64. The van der Waals surface area contributed by atoms with Gasteiger partial charge in [-0.2, -0.15) is 0 Å². The van der Waals surface area contributed by atoms with E-state index in [1.54, 1.807) is 6.92 Å². The fourth-order valence-corrected chi connectivity index (χ4v) is 2.10. The Kier molecular flexibility index (Phi) is 4.47. The molecule has 0 aliphatic carbocycles. The van der Waals surface area contributed by atoms with Crippen molar-refractivity contribution in [3.8, 4) is 11.8 Å². The Morgan fingerprint density at radius 2 is 1.94 bits per heavy atom. The summed E-state index contributed by atoms with van der Waals surface area (Å²) in [6.07, 6.45) is 0.455. The molecule has 5 heteroatoms. The highest BCUT2D eigenvalue weighted by Crippen LogP contribution is 2.09. The molecule has 0 unspecified atom stereocenters. The van der Waals surface area contributed by atoms with Crippen molar-refractivity contribution >= 4 is 10.0 Å². The molecule has 0 heterocycles. The minimum Gasteiger partial charge on any atom is -0.210 e. The molecule has 0 fully saturated rings. The van der Waals surface area contributed by atoms with E-state index in [2.05, 4.69) is 16.6 Å². The lowest BCUT2D eigenvalue weighted by atomic mass is 10.4. The number of sulfonamides is 1. The van der Waals surface area contributed by atoms with Crippen molar-refractivity contribution in [2.24, 2.45) is 0 Å². The van der Waals surface area contributed by atoms with Crippen molar-refractivity contribution in [2.75, 3.05) is 6.54 Å². The average molecular weight is 241 g/mol. The highest BCUT2D eigenvalue weighted by atomic mass is 32.2. The highest BCUT2D eigenvalue weighted by molar-refractivity contribution is 7.89. The predicted molar refractivity (Wildman–Crippen MR) is 59.7 cm³/mol. The van der Waals surface area contributed by atoms with E-state index >= 15 is 0 Å². The molecule has 0 bridgehead atoms. The van der Waals surface area contributed by atoms with Crippen LogP contribution in [0.5, 0.6) is 0 Å². The van der Waals surface area contributed by atoms with Gasteiger partial charge in [0.1, 0.15) is 5.82 Å². The number of hydrogen-bond donors (Lipinski definition) is 1. The number of benzene rings is 1. The molecule has 16 heavy (non-hydrogen) atoms. The van der Waals surface area contributed by atoms with E-state index in [-0.39, 0.29) is 11.4 Å². The molecule has 0 radical (unpaired) electrons. The van der Waals surface area contributed by atoms with Crippen molar-refractivity contribution in [3.63, 3.8) is 0 Å². The standard InChI is InChI=1S/C11H12FNO2S/c1-2-3-4-9-13-16(14,15)11-7-5-10(12)6-8-11/h5-8,13H,4,9H2,1H3. The highest BCUT2D eigenvalue weighted by Gasteiger charge is 2.12. The average Bonchev–Trinajstić information content (AvgIpc) is 2.25. The molecule has 1 aromatic carbocycles. The molecule has 0 saturated heterocycles. The Morgan fingerprint density at radius 3 is 2.50 bits per heavy atom. The van der Waals surface area contributed by atoms with Gasteiger partial charge in [0.25, 0.3) is 0 Å². The minimum absolute atomic E-state index is 0.0540. The van der Waals surface area contributed by atoms with E-state index in [9.17, 15) is 12.8 Å². The minimum atomic E-state index is -3.54. The van der Waals surface area contributed by atoms with Gasteiger partial charge in [-0.05, 0) is 31.2 Å². The van der Waals surface area contributed by atoms with Gasteiger partial charge in [0.2, 0.25) is 10.0 Å². The summed E-state index contributed by atoms with van der Waals surface area (Å²) < 4.78 is 38.2.